The number of methoxy groups -OCH3 is 3. The summed E-state index contributed by atoms with van der Waals surface area (Å²) in [5.74, 6) is 0.804. The van der Waals surface area contributed by atoms with Crippen LogP contribution in [0.25, 0.3) is 0 Å². The van der Waals surface area contributed by atoms with Gasteiger partial charge < -0.3 is 29.6 Å². The highest BCUT2D eigenvalue weighted by Crippen LogP contribution is 2.38. The third-order valence-corrected chi connectivity index (χ3v) is 4.11. The zero-order valence-corrected chi connectivity index (χ0v) is 17.2. The Morgan fingerprint density at radius 2 is 1.59 bits per heavy atom. The molecule has 29 heavy (non-hydrogen) atoms. The first-order chi connectivity index (χ1) is 13.9. The maximum absolute atomic E-state index is 12.6. The number of ether oxygens (including phenoxy) is 4. The van der Waals surface area contributed by atoms with E-state index in [1.165, 1.54) is 33.5 Å². The van der Waals surface area contributed by atoms with Crippen LogP contribution in [0.5, 0.6) is 23.0 Å². The van der Waals surface area contributed by atoms with Crippen LogP contribution < -0.4 is 29.6 Å². The standard InChI is InChI=1S/C21H26N2O6/c1-6-29-16-10-8-7-9-15(16)23-20(24)13(2)22-21(25)14-11-17(26-3)19(28-5)18(12-14)27-4/h7-13H,6H2,1-5H3,(H,22,25)(H,23,24)/t13-/m0/s1. The number of anilines is 1. The summed E-state index contributed by atoms with van der Waals surface area (Å²) in [5.41, 5.74) is 0.808. The lowest BCUT2D eigenvalue weighted by molar-refractivity contribution is -0.117. The quantitative estimate of drug-likeness (QED) is 0.670. The smallest absolute Gasteiger partial charge is 0.252 e. The second-order valence-electron chi connectivity index (χ2n) is 6.03. The largest absolute Gasteiger partial charge is 0.493 e. The molecule has 1 atom stereocenters. The molecule has 0 aliphatic carbocycles. The SMILES string of the molecule is CCOc1ccccc1NC(=O)[C@H](C)NC(=O)c1cc(OC)c(OC)c(OC)c1. The van der Waals surface area contributed by atoms with Gasteiger partial charge in [0.1, 0.15) is 11.8 Å². The van der Waals surface area contributed by atoms with E-state index in [0.29, 0.717) is 35.3 Å². The lowest BCUT2D eigenvalue weighted by Gasteiger charge is -2.17. The van der Waals surface area contributed by atoms with Crippen LogP contribution in [0.1, 0.15) is 24.2 Å². The molecule has 2 amide bonds. The molecule has 0 saturated carbocycles. The Balaban J connectivity index is 2.13. The van der Waals surface area contributed by atoms with Gasteiger partial charge in [-0.1, -0.05) is 12.1 Å². The number of carbonyl (C=O) groups excluding carboxylic acids is 2. The van der Waals surface area contributed by atoms with E-state index in [1.807, 2.05) is 13.0 Å². The van der Waals surface area contributed by atoms with Crippen LogP contribution in [-0.2, 0) is 4.79 Å². The molecule has 2 N–H and O–H groups in total. The Labute approximate surface area is 170 Å². The first kappa shape index (κ1) is 21.9. The molecule has 8 nitrogen and oxygen atoms in total. The Morgan fingerprint density at radius 1 is 0.966 bits per heavy atom. The van der Waals surface area contributed by atoms with Crippen LogP contribution in [0.15, 0.2) is 36.4 Å². The molecule has 2 aromatic rings. The zero-order chi connectivity index (χ0) is 21.4. The van der Waals surface area contributed by atoms with E-state index < -0.39 is 11.9 Å². The number of hydrogen-bond acceptors (Lipinski definition) is 6. The van der Waals surface area contributed by atoms with E-state index in [1.54, 1.807) is 25.1 Å². The van der Waals surface area contributed by atoms with Crippen molar-refractivity contribution in [3.8, 4) is 23.0 Å². The predicted octanol–water partition coefficient (Wildman–Crippen LogP) is 2.87. The van der Waals surface area contributed by atoms with Crippen LogP contribution in [0.4, 0.5) is 5.69 Å². The molecule has 0 heterocycles. The summed E-state index contributed by atoms with van der Waals surface area (Å²) in [6, 6.07) is 9.34. The van der Waals surface area contributed by atoms with E-state index in [4.69, 9.17) is 18.9 Å². The zero-order valence-electron chi connectivity index (χ0n) is 17.2. The van der Waals surface area contributed by atoms with Crippen molar-refractivity contribution in [2.75, 3.05) is 33.3 Å². The Bertz CT molecular complexity index is 843. The highest BCUT2D eigenvalue weighted by molar-refractivity contribution is 6.02. The van der Waals surface area contributed by atoms with Crippen molar-refractivity contribution in [3.05, 3.63) is 42.0 Å². The molecule has 0 bridgehead atoms. The monoisotopic (exact) mass is 402 g/mol. The van der Waals surface area contributed by atoms with Crippen LogP contribution in [0, 0.1) is 0 Å². The number of benzene rings is 2. The van der Waals surface area contributed by atoms with Crippen molar-refractivity contribution >= 4 is 17.5 Å². The minimum atomic E-state index is -0.795. The Hall–Kier alpha value is -3.42. The third kappa shape index (κ3) is 5.31. The average molecular weight is 402 g/mol. The summed E-state index contributed by atoms with van der Waals surface area (Å²) in [6.45, 7) is 3.92. The molecule has 0 aliphatic rings. The minimum Gasteiger partial charge on any atom is -0.493 e. The van der Waals surface area contributed by atoms with Crippen molar-refractivity contribution in [1.82, 2.24) is 5.32 Å². The van der Waals surface area contributed by atoms with Crippen molar-refractivity contribution in [2.24, 2.45) is 0 Å². The maximum Gasteiger partial charge on any atom is 0.252 e. The molecule has 0 radical (unpaired) electrons. The van der Waals surface area contributed by atoms with Gasteiger partial charge in [0, 0.05) is 5.56 Å². The number of hydrogen-bond donors (Lipinski definition) is 2. The molecule has 2 rings (SSSR count). The van der Waals surface area contributed by atoms with Crippen LogP contribution in [-0.4, -0.2) is 45.8 Å². The molecule has 0 aliphatic heterocycles. The van der Waals surface area contributed by atoms with E-state index in [0.717, 1.165) is 0 Å². The number of nitrogens with one attached hydrogen (secondary N) is 2. The number of amides is 2. The number of para-hydroxylation sites is 2. The lowest BCUT2D eigenvalue weighted by Crippen LogP contribution is -2.41. The van der Waals surface area contributed by atoms with E-state index >= 15 is 0 Å². The van der Waals surface area contributed by atoms with Gasteiger partial charge >= 0.3 is 0 Å². The van der Waals surface area contributed by atoms with Crippen LogP contribution in [0.3, 0.4) is 0 Å². The molecule has 0 spiro atoms. The molecule has 0 saturated heterocycles. The van der Waals surface area contributed by atoms with E-state index in [9.17, 15) is 9.59 Å². The van der Waals surface area contributed by atoms with Gasteiger partial charge in [-0.2, -0.15) is 0 Å². The van der Waals surface area contributed by atoms with E-state index in [-0.39, 0.29) is 11.5 Å². The first-order valence-electron chi connectivity index (χ1n) is 9.08. The third-order valence-electron chi connectivity index (χ3n) is 4.11. The van der Waals surface area contributed by atoms with Gasteiger partial charge in [0.05, 0.1) is 33.6 Å². The first-order valence-corrected chi connectivity index (χ1v) is 9.08. The van der Waals surface area contributed by atoms with Gasteiger partial charge in [-0.15, -0.1) is 0 Å². The second kappa shape index (κ2) is 10.2. The highest BCUT2D eigenvalue weighted by atomic mass is 16.5. The summed E-state index contributed by atoms with van der Waals surface area (Å²) >= 11 is 0. The molecule has 0 fully saturated rings. The molecule has 2 aromatic carbocycles. The molecular formula is C21H26N2O6. The number of carbonyl (C=O) groups is 2. The van der Waals surface area contributed by atoms with Crippen molar-refractivity contribution < 1.29 is 28.5 Å². The molecular weight excluding hydrogens is 376 g/mol. The molecule has 8 heteroatoms. The van der Waals surface area contributed by atoms with Gasteiger partial charge in [-0.05, 0) is 38.1 Å². The van der Waals surface area contributed by atoms with Gasteiger partial charge in [0.25, 0.3) is 5.91 Å². The molecule has 0 aromatic heterocycles. The summed E-state index contributed by atoms with van der Waals surface area (Å²) in [5, 5.41) is 5.43. The number of rotatable bonds is 9. The fourth-order valence-electron chi connectivity index (χ4n) is 2.65. The van der Waals surface area contributed by atoms with E-state index in [2.05, 4.69) is 10.6 Å². The average Bonchev–Trinajstić information content (AvgIpc) is 2.73. The second-order valence-corrected chi connectivity index (χ2v) is 6.03. The minimum absolute atomic E-state index is 0.272. The highest BCUT2D eigenvalue weighted by Gasteiger charge is 2.21. The normalized spacial score (nSPS) is 11.2. The van der Waals surface area contributed by atoms with Crippen molar-refractivity contribution in [3.63, 3.8) is 0 Å². The van der Waals surface area contributed by atoms with Crippen LogP contribution in [0.2, 0.25) is 0 Å². The fourth-order valence-corrected chi connectivity index (χ4v) is 2.65. The van der Waals surface area contributed by atoms with Gasteiger partial charge in [0.2, 0.25) is 11.7 Å². The van der Waals surface area contributed by atoms with Crippen molar-refractivity contribution in [1.29, 1.82) is 0 Å². The Kier molecular flexibility index (Phi) is 7.70. The molecule has 156 valence electrons. The molecule has 0 unspecified atom stereocenters. The van der Waals surface area contributed by atoms with Gasteiger partial charge in [-0.3, -0.25) is 9.59 Å². The van der Waals surface area contributed by atoms with Gasteiger partial charge in [-0.25, -0.2) is 0 Å². The fraction of sp³-hybridized carbons (Fsp3) is 0.333. The van der Waals surface area contributed by atoms with Crippen molar-refractivity contribution in [2.45, 2.75) is 19.9 Å². The summed E-state index contributed by atoms with van der Waals surface area (Å²) in [4.78, 5) is 25.2. The lowest BCUT2D eigenvalue weighted by atomic mass is 10.1. The summed E-state index contributed by atoms with van der Waals surface area (Å²) < 4.78 is 21.3. The van der Waals surface area contributed by atoms with Crippen LogP contribution >= 0.6 is 0 Å². The topological polar surface area (TPSA) is 95.1 Å². The summed E-state index contributed by atoms with van der Waals surface area (Å²) in [7, 11) is 4.41. The van der Waals surface area contributed by atoms with Gasteiger partial charge in [0.15, 0.2) is 11.5 Å². The predicted molar refractivity (Wildman–Crippen MR) is 109 cm³/mol. The maximum atomic E-state index is 12.6. The Morgan fingerprint density at radius 3 is 2.14 bits per heavy atom. The summed E-state index contributed by atoms with van der Waals surface area (Å²) in [6.07, 6.45) is 0.